The Morgan fingerprint density at radius 1 is 1.44 bits per heavy atom. The van der Waals surface area contributed by atoms with Crippen molar-refractivity contribution >= 4 is 17.3 Å². The van der Waals surface area contributed by atoms with Crippen LogP contribution in [0.1, 0.15) is 41.9 Å². The van der Waals surface area contributed by atoms with Crippen LogP contribution in [0.3, 0.4) is 0 Å². The maximum atomic E-state index is 11.1. The summed E-state index contributed by atoms with van der Waals surface area (Å²) in [5.41, 5.74) is 0.841. The number of aromatic carboxylic acids is 1. The molecule has 0 unspecified atom stereocenters. The van der Waals surface area contributed by atoms with E-state index in [4.69, 9.17) is 10.2 Å². The second-order valence-electron chi connectivity index (χ2n) is 4.24. The summed E-state index contributed by atoms with van der Waals surface area (Å²) in [6, 6.07) is 2.25. The van der Waals surface area contributed by atoms with Gasteiger partial charge in [0.1, 0.15) is 4.88 Å². The van der Waals surface area contributed by atoms with Crippen molar-refractivity contribution < 1.29 is 15.0 Å². The number of nitrogens with zero attached hydrogens (tertiary/aromatic N) is 1. The first kappa shape index (κ1) is 15.1. The Bertz CT molecular complexity index is 374. The number of aliphatic hydroxyl groups excluding tert-OH is 1. The van der Waals surface area contributed by atoms with Crippen LogP contribution in [0.2, 0.25) is 0 Å². The van der Waals surface area contributed by atoms with E-state index in [2.05, 4.69) is 18.7 Å². The molecule has 4 nitrogen and oxygen atoms in total. The molecule has 0 radical (unpaired) electrons. The van der Waals surface area contributed by atoms with Crippen LogP contribution in [0.4, 0.5) is 0 Å². The lowest BCUT2D eigenvalue weighted by molar-refractivity contribution is 0.0698. The van der Waals surface area contributed by atoms with Gasteiger partial charge in [-0.15, -0.1) is 11.3 Å². The van der Waals surface area contributed by atoms with Gasteiger partial charge in [-0.05, 0) is 29.9 Å². The summed E-state index contributed by atoms with van der Waals surface area (Å²) in [5.74, 6) is -0.867. The first-order valence-corrected chi connectivity index (χ1v) is 7.16. The van der Waals surface area contributed by atoms with E-state index < -0.39 is 5.97 Å². The molecule has 0 spiro atoms. The zero-order valence-corrected chi connectivity index (χ0v) is 11.7. The molecule has 1 aromatic rings. The molecule has 5 heteroatoms. The van der Waals surface area contributed by atoms with Crippen LogP contribution in [0, 0.1) is 0 Å². The van der Waals surface area contributed by atoms with E-state index in [1.807, 2.05) is 11.4 Å². The molecule has 0 atom stereocenters. The third kappa shape index (κ3) is 3.80. The van der Waals surface area contributed by atoms with E-state index in [1.54, 1.807) is 0 Å². The number of hydrogen-bond donors (Lipinski definition) is 2. The highest BCUT2D eigenvalue weighted by Crippen LogP contribution is 2.21. The Balaban J connectivity index is 2.82. The molecule has 18 heavy (non-hydrogen) atoms. The smallest absolute Gasteiger partial charge is 0.346 e. The molecule has 0 aromatic carbocycles. The van der Waals surface area contributed by atoms with Crippen molar-refractivity contribution in [1.82, 2.24) is 4.90 Å². The number of rotatable bonds is 8. The normalized spacial score (nSPS) is 11.4. The maximum Gasteiger partial charge on any atom is 0.346 e. The van der Waals surface area contributed by atoms with Gasteiger partial charge in [-0.3, -0.25) is 4.90 Å². The fourth-order valence-corrected chi connectivity index (χ4v) is 2.94. The second-order valence-corrected chi connectivity index (χ2v) is 5.16. The summed E-state index contributed by atoms with van der Waals surface area (Å²) >= 11 is 1.26. The third-order valence-electron chi connectivity index (χ3n) is 3.16. The molecule has 0 amide bonds. The number of carboxylic acid groups (broad SMARTS) is 1. The van der Waals surface area contributed by atoms with E-state index in [-0.39, 0.29) is 6.61 Å². The number of aliphatic hydroxyl groups is 1. The van der Waals surface area contributed by atoms with Crippen LogP contribution in [0.15, 0.2) is 11.4 Å². The Labute approximate surface area is 112 Å². The summed E-state index contributed by atoms with van der Waals surface area (Å²) in [6.45, 7) is 5.51. The highest BCUT2D eigenvalue weighted by Gasteiger charge is 2.19. The Morgan fingerprint density at radius 2 is 2.11 bits per heavy atom. The first-order valence-electron chi connectivity index (χ1n) is 6.28. The van der Waals surface area contributed by atoms with Crippen LogP contribution in [-0.4, -0.2) is 40.3 Å². The average molecular weight is 271 g/mol. The average Bonchev–Trinajstić information content (AvgIpc) is 2.79. The van der Waals surface area contributed by atoms with Crippen LogP contribution in [-0.2, 0) is 6.54 Å². The predicted molar refractivity (Wildman–Crippen MR) is 73.1 cm³/mol. The van der Waals surface area contributed by atoms with Crippen LogP contribution in [0.25, 0.3) is 0 Å². The second kappa shape index (κ2) is 7.51. The molecule has 2 N–H and O–H groups in total. The summed E-state index contributed by atoms with van der Waals surface area (Å²) in [7, 11) is 0. The summed E-state index contributed by atoms with van der Waals surface area (Å²) in [4.78, 5) is 13.6. The molecule has 1 aromatic heterocycles. The van der Waals surface area contributed by atoms with Crippen LogP contribution in [0.5, 0.6) is 0 Å². The molecule has 102 valence electrons. The minimum absolute atomic E-state index is 0.100. The summed E-state index contributed by atoms with van der Waals surface area (Å²) in [6.07, 6.45) is 2.01. The minimum atomic E-state index is -0.867. The number of hydrogen-bond acceptors (Lipinski definition) is 4. The van der Waals surface area contributed by atoms with Gasteiger partial charge in [-0.1, -0.05) is 13.8 Å². The van der Waals surface area contributed by atoms with Gasteiger partial charge in [0.15, 0.2) is 0 Å². The molecule has 0 fully saturated rings. The van der Waals surface area contributed by atoms with Gasteiger partial charge < -0.3 is 10.2 Å². The van der Waals surface area contributed by atoms with Gasteiger partial charge in [0.25, 0.3) is 0 Å². The van der Waals surface area contributed by atoms with Crippen molar-refractivity contribution in [3.8, 4) is 0 Å². The van der Waals surface area contributed by atoms with Crippen molar-refractivity contribution in [2.75, 3.05) is 13.2 Å². The quantitative estimate of drug-likeness (QED) is 0.762. The SMILES string of the molecule is CCC(CC)N(CCO)Cc1ccsc1C(=O)O. The van der Waals surface area contributed by atoms with Gasteiger partial charge in [0.05, 0.1) is 6.61 Å². The molecule has 0 saturated carbocycles. The standard InChI is InChI=1S/C13H21NO3S/c1-3-11(4-2)14(6-7-15)9-10-5-8-18-12(10)13(16)17/h5,8,11,15H,3-4,6-7,9H2,1-2H3,(H,16,17). The molecular weight excluding hydrogens is 250 g/mol. The highest BCUT2D eigenvalue weighted by molar-refractivity contribution is 7.12. The molecule has 1 heterocycles. The van der Waals surface area contributed by atoms with Gasteiger partial charge in [0.2, 0.25) is 0 Å². The van der Waals surface area contributed by atoms with E-state index in [0.29, 0.717) is 24.0 Å². The van der Waals surface area contributed by atoms with Crippen molar-refractivity contribution in [1.29, 1.82) is 0 Å². The maximum absolute atomic E-state index is 11.1. The fourth-order valence-electron chi connectivity index (χ4n) is 2.19. The summed E-state index contributed by atoms with van der Waals surface area (Å²) in [5, 5.41) is 20.0. The van der Waals surface area contributed by atoms with Gasteiger partial charge in [-0.2, -0.15) is 0 Å². The zero-order chi connectivity index (χ0) is 13.5. The van der Waals surface area contributed by atoms with E-state index >= 15 is 0 Å². The molecule has 0 aliphatic rings. The number of thiophene rings is 1. The number of carboxylic acids is 1. The van der Waals surface area contributed by atoms with Gasteiger partial charge in [0, 0.05) is 19.1 Å². The van der Waals surface area contributed by atoms with Crippen molar-refractivity contribution in [3.63, 3.8) is 0 Å². The van der Waals surface area contributed by atoms with E-state index in [0.717, 1.165) is 18.4 Å². The predicted octanol–water partition coefficient (Wildman–Crippen LogP) is 2.43. The number of carbonyl (C=O) groups is 1. The van der Waals surface area contributed by atoms with E-state index in [1.165, 1.54) is 11.3 Å². The van der Waals surface area contributed by atoms with Crippen molar-refractivity contribution in [3.05, 3.63) is 21.9 Å². The Morgan fingerprint density at radius 3 is 2.61 bits per heavy atom. The zero-order valence-electron chi connectivity index (χ0n) is 10.9. The molecule has 1 rings (SSSR count). The minimum Gasteiger partial charge on any atom is -0.477 e. The monoisotopic (exact) mass is 271 g/mol. The molecule has 0 bridgehead atoms. The Kier molecular flexibility index (Phi) is 6.32. The first-order chi connectivity index (χ1) is 8.63. The van der Waals surface area contributed by atoms with Crippen molar-refractivity contribution in [2.24, 2.45) is 0 Å². The molecule has 0 aliphatic heterocycles. The third-order valence-corrected chi connectivity index (χ3v) is 4.11. The Hall–Kier alpha value is -0.910. The van der Waals surface area contributed by atoms with Gasteiger partial charge in [-0.25, -0.2) is 4.79 Å². The highest BCUT2D eigenvalue weighted by atomic mass is 32.1. The lowest BCUT2D eigenvalue weighted by Crippen LogP contribution is -2.36. The molecule has 0 aliphatic carbocycles. The topological polar surface area (TPSA) is 60.8 Å². The van der Waals surface area contributed by atoms with Gasteiger partial charge >= 0.3 is 5.97 Å². The lowest BCUT2D eigenvalue weighted by Gasteiger charge is -2.29. The van der Waals surface area contributed by atoms with Crippen LogP contribution < -0.4 is 0 Å². The fraction of sp³-hybridized carbons (Fsp3) is 0.615. The van der Waals surface area contributed by atoms with Crippen molar-refractivity contribution in [2.45, 2.75) is 39.3 Å². The lowest BCUT2D eigenvalue weighted by atomic mass is 10.1. The molecular formula is C13H21NO3S. The van der Waals surface area contributed by atoms with E-state index in [9.17, 15) is 4.79 Å². The molecule has 0 saturated heterocycles. The summed E-state index contributed by atoms with van der Waals surface area (Å²) < 4.78 is 0. The largest absolute Gasteiger partial charge is 0.477 e. The van der Waals surface area contributed by atoms with Crippen LogP contribution >= 0.6 is 11.3 Å².